The van der Waals surface area contributed by atoms with Gasteiger partial charge in [-0.25, -0.2) is 4.68 Å². The molecule has 8 heteroatoms. The molecule has 2 N–H and O–H groups in total. The summed E-state index contributed by atoms with van der Waals surface area (Å²) in [4.78, 5) is 23.9. The van der Waals surface area contributed by atoms with Gasteiger partial charge in [0.1, 0.15) is 6.33 Å². The Labute approximate surface area is 142 Å². The molecule has 8 nitrogen and oxygen atoms in total. The number of carbonyl (C=O) groups is 2. The lowest BCUT2D eigenvalue weighted by Gasteiger charge is -2.17. The molecule has 1 aromatic heterocycles. The minimum atomic E-state index is -0.227. The maximum absolute atomic E-state index is 12.5. The Bertz CT molecular complexity index is 952. The molecule has 1 aliphatic rings. The highest BCUT2D eigenvalue weighted by Gasteiger charge is 2.15. The van der Waals surface area contributed by atoms with Crippen LogP contribution in [0.2, 0.25) is 0 Å². The number of nitrogens with zero attached hydrogens (tertiary/aromatic N) is 4. The fourth-order valence-corrected chi connectivity index (χ4v) is 2.73. The van der Waals surface area contributed by atoms with Crippen molar-refractivity contribution in [2.45, 2.75) is 12.8 Å². The number of hydrogen-bond acceptors (Lipinski definition) is 5. The summed E-state index contributed by atoms with van der Waals surface area (Å²) in [5.74, 6) is -0.210. The summed E-state index contributed by atoms with van der Waals surface area (Å²) in [6.07, 6.45) is 2.59. The molecule has 0 atom stereocenters. The van der Waals surface area contributed by atoms with Crippen LogP contribution in [-0.2, 0) is 11.2 Å². The highest BCUT2D eigenvalue weighted by atomic mass is 16.2. The first-order valence-electron chi connectivity index (χ1n) is 7.76. The summed E-state index contributed by atoms with van der Waals surface area (Å²) in [6.45, 7) is 0. The quantitative estimate of drug-likeness (QED) is 0.760. The fraction of sp³-hybridized carbons (Fsp3) is 0.118. The summed E-state index contributed by atoms with van der Waals surface area (Å²) in [7, 11) is 0. The van der Waals surface area contributed by atoms with Gasteiger partial charge in [-0.15, -0.1) is 5.10 Å². The summed E-state index contributed by atoms with van der Waals surface area (Å²) in [6, 6.07) is 12.5. The number of aromatic nitrogens is 4. The van der Waals surface area contributed by atoms with E-state index in [0.717, 1.165) is 11.3 Å². The second kappa shape index (κ2) is 6.16. The van der Waals surface area contributed by atoms with Crippen LogP contribution in [0.25, 0.3) is 5.69 Å². The Kier molecular flexibility index (Phi) is 3.70. The van der Waals surface area contributed by atoms with Gasteiger partial charge in [0.25, 0.3) is 5.91 Å². The van der Waals surface area contributed by atoms with Gasteiger partial charge in [0, 0.05) is 23.4 Å². The van der Waals surface area contributed by atoms with Crippen molar-refractivity contribution < 1.29 is 9.59 Å². The number of amides is 2. The number of nitrogens with one attached hydrogen (secondary N) is 2. The molecule has 1 aliphatic heterocycles. The first-order chi connectivity index (χ1) is 12.2. The third-order valence-electron chi connectivity index (χ3n) is 3.98. The molecule has 0 aliphatic carbocycles. The Morgan fingerprint density at radius 1 is 1.16 bits per heavy atom. The van der Waals surface area contributed by atoms with Gasteiger partial charge in [0.15, 0.2) is 0 Å². The molecule has 25 heavy (non-hydrogen) atoms. The first kappa shape index (κ1) is 15.0. The van der Waals surface area contributed by atoms with Gasteiger partial charge in [0.05, 0.1) is 5.69 Å². The van der Waals surface area contributed by atoms with Gasteiger partial charge >= 0.3 is 0 Å². The van der Waals surface area contributed by atoms with Crippen molar-refractivity contribution in [2.75, 3.05) is 10.6 Å². The summed E-state index contributed by atoms with van der Waals surface area (Å²) in [5, 5.41) is 16.7. The molecule has 124 valence electrons. The topological polar surface area (TPSA) is 102 Å². The van der Waals surface area contributed by atoms with Crippen LogP contribution < -0.4 is 10.6 Å². The predicted molar refractivity (Wildman–Crippen MR) is 90.5 cm³/mol. The largest absolute Gasteiger partial charge is 0.326 e. The highest BCUT2D eigenvalue weighted by molar-refractivity contribution is 6.05. The van der Waals surface area contributed by atoms with Gasteiger partial charge in [0.2, 0.25) is 5.91 Å². The average molecular weight is 334 g/mol. The van der Waals surface area contributed by atoms with E-state index in [4.69, 9.17) is 0 Å². The number of rotatable bonds is 3. The molecule has 3 aromatic rings. The normalized spacial score (nSPS) is 13.0. The molecule has 2 amide bonds. The molecule has 0 unspecified atom stereocenters. The van der Waals surface area contributed by atoms with Crippen molar-refractivity contribution in [1.82, 2.24) is 20.2 Å². The van der Waals surface area contributed by atoms with E-state index >= 15 is 0 Å². The third kappa shape index (κ3) is 3.09. The standard InChI is InChI=1S/C17H14N6O2/c24-16-7-4-11-8-13(5-6-15(11)20-16)19-17(25)12-2-1-3-14(9-12)23-10-18-21-22-23/h1-3,5-6,8-10H,4,7H2,(H,19,25)(H,20,24). The van der Waals surface area contributed by atoms with Crippen LogP contribution >= 0.6 is 0 Å². The molecule has 0 saturated carbocycles. The minimum absolute atomic E-state index is 0.0173. The zero-order chi connectivity index (χ0) is 17.2. The van der Waals surface area contributed by atoms with Crippen LogP contribution in [0.3, 0.4) is 0 Å². The molecule has 0 radical (unpaired) electrons. The van der Waals surface area contributed by atoms with Gasteiger partial charge in [-0.2, -0.15) is 0 Å². The number of aryl methyl sites for hydroxylation is 1. The van der Waals surface area contributed by atoms with E-state index in [-0.39, 0.29) is 11.8 Å². The van der Waals surface area contributed by atoms with E-state index in [0.29, 0.717) is 29.8 Å². The average Bonchev–Trinajstić information content (AvgIpc) is 3.17. The van der Waals surface area contributed by atoms with E-state index in [1.165, 1.54) is 11.0 Å². The number of benzene rings is 2. The minimum Gasteiger partial charge on any atom is -0.326 e. The molecule has 0 saturated heterocycles. The van der Waals surface area contributed by atoms with Crippen LogP contribution in [0.1, 0.15) is 22.3 Å². The highest BCUT2D eigenvalue weighted by Crippen LogP contribution is 2.26. The van der Waals surface area contributed by atoms with Crippen LogP contribution in [0, 0.1) is 0 Å². The van der Waals surface area contributed by atoms with E-state index in [2.05, 4.69) is 26.2 Å². The Hall–Kier alpha value is -3.55. The van der Waals surface area contributed by atoms with Crippen LogP contribution in [-0.4, -0.2) is 32.0 Å². The summed E-state index contributed by atoms with van der Waals surface area (Å²) < 4.78 is 1.48. The molecule has 4 rings (SSSR count). The lowest BCUT2D eigenvalue weighted by atomic mass is 10.0. The van der Waals surface area contributed by atoms with Crippen molar-refractivity contribution in [2.24, 2.45) is 0 Å². The zero-order valence-corrected chi connectivity index (χ0v) is 13.1. The van der Waals surface area contributed by atoms with Crippen molar-refractivity contribution in [3.8, 4) is 5.69 Å². The number of fused-ring (bicyclic) bond motifs is 1. The SMILES string of the molecule is O=C1CCc2cc(NC(=O)c3cccc(-n4cnnn4)c3)ccc2N1. The summed E-state index contributed by atoms with van der Waals surface area (Å²) in [5.41, 5.74) is 3.70. The zero-order valence-electron chi connectivity index (χ0n) is 13.1. The maximum atomic E-state index is 12.5. The van der Waals surface area contributed by atoms with Crippen LogP contribution in [0.5, 0.6) is 0 Å². The lowest BCUT2D eigenvalue weighted by Crippen LogP contribution is -2.19. The number of carbonyl (C=O) groups excluding carboxylic acids is 2. The molecule has 0 bridgehead atoms. The lowest BCUT2D eigenvalue weighted by molar-refractivity contribution is -0.116. The summed E-state index contributed by atoms with van der Waals surface area (Å²) >= 11 is 0. The molecule has 2 aromatic carbocycles. The van der Waals surface area contributed by atoms with Gasteiger partial charge in [-0.3, -0.25) is 9.59 Å². The van der Waals surface area contributed by atoms with E-state index < -0.39 is 0 Å². The number of anilines is 2. The number of hydrogen-bond donors (Lipinski definition) is 2. The number of tetrazole rings is 1. The van der Waals surface area contributed by atoms with E-state index in [1.807, 2.05) is 12.1 Å². The van der Waals surface area contributed by atoms with Crippen molar-refractivity contribution in [3.05, 3.63) is 59.9 Å². The van der Waals surface area contributed by atoms with Crippen molar-refractivity contribution >= 4 is 23.2 Å². The van der Waals surface area contributed by atoms with E-state index in [9.17, 15) is 9.59 Å². The Morgan fingerprint density at radius 2 is 2.08 bits per heavy atom. The molecule has 0 fully saturated rings. The third-order valence-corrected chi connectivity index (χ3v) is 3.98. The Balaban J connectivity index is 1.54. The predicted octanol–water partition coefficient (Wildman–Crippen LogP) is 1.80. The second-order valence-electron chi connectivity index (χ2n) is 5.68. The maximum Gasteiger partial charge on any atom is 0.255 e. The van der Waals surface area contributed by atoms with Crippen molar-refractivity contribution in [3.63, 3.8) is 0 Å². The molecule has 0 spiro atoms. The van der Waals surface area contributed by atoms with E-state index in [1.54, 1.807) is 30.3 Å². The monoisotopic (exact) mass is 334 g/mol. The molecular formula is C17H14N6O2. The first-order valence-corrected chi connectivity index (χ1v) is 7.76. The fourth-order valence-electron chi connectivity index (χ4n) is 2.73. The molecular weight excluding hydrogens is 320 g/mol. The van der Waals surface area contributed by atoms with Gasteiger partial charge in [-0.1, -0.05) is 6.07 Å². The van der Waals surface area contributed by atoms with Crippen molar-refractivity contribution in [1.29, 1.82) is 0 Å². The van der Waals surface area contributed by atoms with Crippen LogP contribution in [0.4, 0.5) is 11.4 Å². The van der Waals surface area contributed by atoms with Gasteiger partial charge < -0.3 is 10.6 Å². The smallest absolute Gasteiger partial charge is 0.255 e. The van der Waals surface area contributed by atoms with Crippen LogP contribution in [0.15, 0.2) is 48.8 Å². The van der Waals surface area contributed by atoms with Gasteiger partial charge in [-0.05, 0) is 58.8 Å². The molecule has 2 heterocycles. The Morgan fingerprint density at radius 3 is 2.92 bits per heavy atom. The second-order valence-corrected chi connectivity index (χ2v) is 5.68.